The number of nitrogens with one attached hydrogen (secondary N) is 1. The van der Waals surface area contributed by atoms with Crippen molar-refractivity contribution >= 4 is 48.0 Å². The molecule has 1 saturated heterocycles. The minimum Gasteiger partial charge on any atom is -0.314 e. The summed E-state index contributed by atoms with van der Waals surface area (Å²) in [7, 11) is 0. The first-order valence-electron chi connectivity index (χ1n) is 6.33. The molecule has 1 aromatic carbocycles. The average molecular weight is 400 g/mol. The Hall–Kier alpha value is 0.0900. The number of benzene rings is 1. The summed E-state index contributed by atoms with van der Waals surface area (Å²) in [5.74, 6) is 0. The van der Waals surface area contributed by atoms with Crippen molar-refractivity contribution in [3.63, 3.8) is 0 Å². The van der Waals surface area contributed by atoms with E-state index < -0.39 is 18.6 Å². The van der Waals surface area contributed by atoms with Crippen molar-refractivity contribution in [1.82, 2.24) is 10.2 Å². The van der Waals surface area contributed by atoms with Gasteiger partial charge in [0.1, 0.15) is 0 Å². The van der Waals surface area contributed by atoms with Gasteiger partial charge in [-0.2, -0.15) is 13.2 Å². The van der Waals surface area contributed by atoms with Crippen molar-refractivity contribution in [3.05, 3.63) is 33.8 Å². The second-order valence-electron chi connectivity index (χ2n) is 4.79. The Balaban J connectivity index is 0.00000220. The molecule has 1 atom stereocenters. The fourth-order valence-corrected chi connectivity index (χ4v) is 2.70. The summed E-state index contributed by atoms with van der Waals surface area (Å²) in [6.45, 7) is 2.55. The molecule has 0 saturated carbocycles. The fraction of sp³-hybridized carbons (Fsp3) is 0.538. The second-order valence-corrected chi connectivity index (χ2v) is 5.61. The zero-order valence-corrected chi connectivity index (χ0v) is 14.6. The molecule has 0 bridgehead atoms. The maximum Gasteiger partial charge on any atom is 0.390 e. The minimum absolute atomic E-state index is 0. The first-order valence-corrected chi connectivity index (χ1v) is 7.09. The summed E-state index contributed by atoms with van der Waals surface area (Å²) in [6.07, 6.45) is -5.10. The van der Waals surface area contributed by atoms with Gasteiger partial charge in [0.15, 0.2) is 0 Å². The van der Waals surface area contributed by atoms with Crippen molar-refractivity contribution in [2.45, 2.75) is 18.6 Å². The highest BCUT2D eigenvalue weighted by Crippen LogP contribution is 2.36. The van der Waals surface area contributed by atoms with Gasteiger partial charge >= 0.3 is 6.18 Å². The lowest BCUT2D eigenvalue weighted by Crippen LogP contribution is -2.46. The molecule has 1 N–H and O–H groups in total. The minimum atomic E-state index is -4.22. The number of halogens is 7. The van der Waals surface area contributed by atoms with Crippen molar-refractivity contribution in [3.8, 4) is 0 Å². The van der Waals surface area contributed by atoms with E-state index >= 15 is 0 Å². The van der Waals surface area contributed by atoms with Crippen LogP contribution in [0, 0.1) is 0 Å². The first-order chi connectivity index (χ1) is 9.37. The Labute approximate surface area is 150 Å². The molecule has 22 heavy (non-hydrogen) atoms. The smallest absolute Gasteiger partial charge is 0.314 e. The molecule has 128 valence electrons. The lowest BCUT2D eigenvalue weighted by Gasteiger charge is -2.35. The summed E-state index contributed by atoms with van der Waals surface area (Å²) in [6, 6.07) is 3.98. The predicted molar refractivity (Wildman–Crippen MR) is 88.8 cm³/mol. The van der Waals surface area contributed by atoms with Crippen molar-refractivity contribution < 1.29 is 13.2 Å². The molecule has 2 rings (SSSR count). The monoisotopic (exact) mass is 398 g/mol. The topological polar surface area (TPSA) is 15.3 Å². The summed E-state index contributed by atoms with van der Waals surface area (Å²) >= 11 is 11.8. The lowest BCUT2D eigenvalue weighted by molar-refractivity contribution is -0.148. The molecule has 1 fully saturated rings. The summed E-state index contributed by atoms with van der Waals surface area (Å²) in [4.78, 5) is 1.84. The van der Waals surface area contributed by atoms with E-state index in [9.17, 15) is 13.2 Å². The zero-order chi connectivity index (χ0) is 14.8. The highest BCUT2D eigenvalue weighted by atomic mass is 35.5. The molecule has 0 aromatic heterocycles. The second kappa shape index (κ2) is 9.40. The molecule has 0 unspecified atom stereocenters. The fourth-order valence-electron chi connectivity index (χ4n) is 2.39. The Bertz CT molecular complexity index is 465. The molecule has 9 heteroatoms. The number of rotatable bonds is 3. The van der Waals surface area contributed by atoms with Gasteiger partial charge < -0.3 is 5.32 Å². The molecule has 1 aliphatic heterocycles. The maximum atomic E-state index is 12.8. The third kappa shape index (κ3) is 6.30. The molecule has 0 aliphatic carbocycles. The van der Waals surface area contributed by atoms with E-state index in [0.29, 0.717) is 36.8 Å². The van der Waals surface area contributed by atoms with Gasteiger partial charge in [0.05, 0.1) is 16.5 Å². The Morgan fingerprint density at radius 1 is 1.09 bits per heavy atom. The van der Waals surface area contributed by atoms with Gasteiger partial charge in [-0.1, -0.05) is 29.3 Å². The molecule has 1 heterocycles. The molecular formula is C13H17Cl4F3N2. The molecular weight excluding hydrogens is 383 g/mol. The Morgan fingerprint density at radius 2 is 1.68 bits per heavy atom. The van der Waals surface area contributed by atoms with Gasteiger partial charge in [-0.25, -0.2) is 0 Å². The van der Waals surface area contributed by atoms with E-state index in [1.54, 1.807) is 12.1 Å². The molecule has 0 amide bonds. The van der Waals surface area contributed by atoms with Gasteiger partial charge in [0.2, 0.25) is 0 Å². The van der Waals surface area contributed by atoms with E-state index in [-0.39, 0.29) is 29.8 Å². The SMILES string of the molecule is Cl.Cl.FC(F)(F)C[C@@H](c1ccc(Cl)c(Cl)c1)N1CCNCC1. The van der Waals surface area contributed by atoms with Crippen LogP contribution in [-0.2, 0) is 0 Å². The number of hydrogen-bond acceptors (Lipinski definition) is 2. The quantitative estimate of drug-likeness (QED) is 0.789. The van der Waals surface area contributed by atoms with E-state index in [1.807, 2.05) is 4.90 Å². The molecule has 0 radical (unpaired) electrons. The number of piperazine rings is 1. The van der Waals surface area contributed by atoms with Crippen LogP contribution in [0.2, 0.25) is 10.0 Å². The van der Waals surface area contributed by atoms with Crippen LogP contribution in [0.25, 0.3) is 0 Å². The van der Waals surface area contributed by atoms with Crippen LogP contribution in [0.4, 0.5) is 13.2 Å². The average Bonchev–Trinajstić information content (AvgIpc) is 2.39. The van der Waals surface area contributed by atoms with Crippen LogP contribution in [0.5, 0.6) is 0 Å². The van der Waals surface area contributed by atoms with E-state index in [4.69, 9.17) is 23.2 Å². The third-order valence-corrected chi connectivity index (χ3v) is 4.08. The van der Waals surface area contributed by atoms with E-state index in [2.05, 4.69) is 5.32 Å². The highest BCUT2D eigenvalue weighted by Gasteiger charge is 2.36. The van der Waals surface area contributed by atoms with Gasteiger partial charge in [-0.15, -0.1) is 24.8 Å². The third-order valence-electron chi connectivity index (χ3n) is 3.35. The summed E-state index contributed by atoms with van der Waals surface area (Å²) in [5, 5.41) is 3.77. The normalized spacial score (nSPS) is 17.3. The van der Waals surface area contributed by atoms with Crippen molar-refractivity contribution in [2.75, 3.05) is 26.2 Å². The van der Waals surface area contributed by atoms with Gasteiger partial charge in [0.25, 0.3) is 0 Å². The van der Waals surface area contributed by atoms with Crippen LogP contribution >= 0.6 is 48.0 Å². The molecule has 1 aromatic rings. The number of alkyl halides is 3. The van der Waals surface area contributed by atoms with Crippen molar-refractivity contribution in [1.29, 1.82) is 0 Å². The number of nitrogens with zero attached hydrogens (tertiary/aromatic N) is 1. The van der Waals surface area contributed by atoms with Crippen LogP contribution in [0.3, 0.4) is 0 Å². The number of hydrogen-bond donors (Lipinski definition) is 1. The zero-order valence-electron chi connectivity index (χ0n) is 11.5. The lowest BCUT2D eigenvalue weighted by atomic mass is 10.0. The van der Waals surface area contributed by atoms with Crippen LogP contribution in [0.15, 0.2) is 18.2 Å². The first kappa shape index (κ1) is 22.1. The predicted octanol–water partition coefficient (Wildman–Crippen LogP) is 4.74. The summed E-state index contributed by atoms with van der Waals surface area (Å²) in [5.41, 5.74) is 0.554. The Kier molecular flexibility index (Phi) is 9.44. The summed E-state index contributed by atoms with van der Waals surface area (Å²) < 4.78 is 38.5. The van der Waals surface area contributed by atoms with Crippen molar-refractivity contribution in [2.24, 2.45) is 0 Å². The van der Waals surface area contributed by atoms with Gasteiger partial charge in [-0.05, 0) is 17.7 Å². The standard InChI is InChI=1S/C13H15Cl2F3N2.2ClH/c14-10-2-1-9(7-11(10)15)12(8-13(16,17)18)20-5-3-19-4-6-20;;/h1-2,7,12,19H,3-6,8H2;2*1H/t12-;;/m0../s1. The molecule has 2 nitrogen and oxygen atoms in total. The van der Waals surface area contributed by atoms with Gasteiger partial charge in [-0.3, -0.25) is 4.90 Å². The molecule has 1 aliphatic rings. The highest BCUT2D eigenvalue weighted by molar-refractivity contribution is 6.42. The van der Waals surface area contributed by atoms with Crippen LogP contribution < -0.4 is 5.32 Å². The van der Waals surface area contributed by atoms with E-state index in [1.165, 1.54) is 6.07 Å². The Morgan fingerprint density at radius 3 is 2.18 bits per heavy atom. The van der Waals surface area contributed by atoms with E-state index in [0.717, 1.165) is 0 Å². The van der Waals surface area contributed by atoms with Crippen LogP contribution in [0.1, 0.15) is 18.0 Å². The molecule has 0 spiro atoms. The maximum absolute atomic E-state index is 12.8. The largest absolute Gasteiger partial charge is 0.390 e. The van der Waals surface area contributed by atoms with Crippen LogP contribution in [-0.4, -0.2) is 37.3 Å². The van der Waals surface area contributed by atoms with Gasteiger partial charge in [0, 0.05) is 32.2 Å².